The maximum atomic E-state index is 5.70. The van der Waals surface area contributed by atoms with Gasteiger partial charge in [-0.25, -0.2) is 0 Å². The van der Waals surface area contributed by atoms with Crippen LogP contribution in [0.3, 0.4) is 0 Å². The summed E-state index contributed by atoms with van der Waals surface area (Å²) < 4.78 is 27.4. The minimum Gasteiger partial charge on any atom is -0.454 e. The maximum absolute atomic E-state index is 5.70. The maximum Gasteiger partial charge on any atom is 0.352 e. The fourth-order valence-corrected chi connectivity index (χ4v) is 2.30. The predicted molar refractivity (Wildman–Crippen MR) is 52.1 cm³/mol. The first-order chi connectivity index (χ1) is 7.05. The number of hydrogen-bond donors (Lipinski definition) is 0. The standard InChI is InChI=1S/C9H12O5S/c1-9(2)13-6-5-4(11-7(6)14-9)3-10-8(15)12-5/h4-7H,3H2,1-2H3/t4-,5+,6-,7-/m1/s1. The van der Waals surface area contributed by atoms with E-state index in [4.69, 9.17) is 35.9 Å². The molecule has 5 nitrogen and oxygen atoms in total. The number of thiocarbonyl (C=S) groups is 1. The van der Waals surface area contributed by atoms with Gasteiger partial charge in [0.15, 0.2) is 24.3 Å². The Morgan fingerprint density at radius 1 is 1.27 bits per heavy atom. The van der Waals surface area contributed by atoms with Gasteiger partial charge in [0.1, 0.15) is 12.7 Å². The number of rotatable bonds is 0. The van der Waals surface area contributed by atoms with Crippen LogP contribution in [0.5, 0.6) is 0 Å². The molecule has 6 heteroatoms. The van der Waals surface area contributed by atoms with Crippen LogP contribution in [0.4, 0.5) is 0 Å². The van der Waals surface area contributed by atoms with E-state index in [-0.39, 0.29) is 29.8 Å². The quantitative estimate of drug-likeness (QED) is 0.569. The first-order valence-electron chi connectivity index (χ1n) is 4.90. The highest BCUT2D eigenvalue weighted by atomic mass is 32.1. The van der Waals surface area contributed by atoms with Crippen molar-refractivity contribution < 1.29 is 23.7 Å². The Morgan fingerprint density at radius 2 is 2.07 bits per heavy atom. The molecule has 3 rings (SSSR count). The SMILES string of the molecule is CC1(C)O[C@H]2O[C@@H]3COC(=S)O[C@@H]3[C@H]2O1. The molecule has 0 radical (unpaired) electrons. The first-order valence-corrected chi connectivity index (χ1v) is 5.30. The first kappa shape index (κ1) is 9.77. The van der Waals surface area contributed by atoms with Gasteiger partial charge in [0.25, 0.3) is 0 Å². The number of ether oxygens (including phenoxy) is 5. The summed E-state index contributed by atoms with van der Waals surface area (Å²) in [4.78, 5) is 0. The molecule has 0 aromatic rings. The third kappa shape index (κ3) is 1.52. The van der Waals surface area contributed by atoms with Crippen molar-refractivity contribution in [3.05, 3.63) is 0 Å². The molecule has 15 heavy (non-hydrogen) atoms. The average molecular weight is 232 g/mol. The highest BCUT2D eigenvalue weighted by molar-refractivity contribution is 7.79. The monoisotopic (exact) mass is 232 g/mol. The van der Waals surface area contributed by atoms with Crippen molar-refractivity contribution in [2.24, 2.45) is 0 Å². The second-order valence-electron chi connectivity index (χ2n) is 4.29. The van der Waals surface area contributed by atoms with Crippen LogP contribution in [0.1, 0.15) is 13.8 Å². The van der Waals surface area contributed by atoms with Crippen LogP contribution in [-0.2, 0) is 23.7 Å². The van der Waals surface area contributed by atoms with Gasteiger partial charge in [0.05, 0.1) is 0 Å². The van der Waals surface area contributed by atoms with E-state index >= 15 is 0 Å². The van der Waals surface area contributed by atoms with Crippen molar-refractivity contribution in [2.75, 3.05) is 6.61 Å². The van der Waals surface area contributed by atoms with Gasteiger partial charge < -0.3 is 23.7 Å². The molecule has 0 saturated carbocycles. The summed E-state index contributed by atoms with van der Waals surface area (Å²) in [7, 11) is 0. The molecule has 0 aromatic heterocycles. The van der Waals surface area contributed by atoms with Gasteiger partial charge in [0.2, 0.25) is 0 Å². The van der Waals surface area contributed by atoms with Crippen LogP contribution >= 0.6 is 12.2 Å². The molecule has 0 spiro atoms. The molecular formula is C9H12O5S. The van der Waals surface area contributed by atoms with E-state index in [1.807, 2.05) is 13.8 Å². The van der Waals surface area contributed by atoms with Gasteiger partial charge in [-0.05, 0) is 13.8 Å². The van der Waals surface area contributed by atoms with E-state index in [2.05, 4.69) is 0 Å². The highest BCUT2D eigenvalue weighted by Crippen LogP contribution is 2.39. The van der Waals surface area contributed by atoms with Crippen molar-refractivity contribution in [2.45, 2.75) is 44.2 Å². The molecule has 4 atom stereocenters. The van der Waals surface area contributed by atoms with Crippen LogP contribution in [0.2, 0.25) is 0 Å². The van der Waals surface area contributed by atoms with E-state index in [0.717, 1.165) is 0 Å². The third-order valence-corrected chi connectivity index (χ3v) is 2.90. The number of fused-ring (bicyclic) bond motifs is 3. The fraction of sp³-hybridized carbons (Fsp3) is 0.889. The average Bonchev–Trinajstić information content (AvgIpc) is 2.58. The molecular weight excluding hydrogens is 220 g/mol. The summed E-state index contributed by atoms with van der Waals surface area (Å²) in [6.45, 7) is 4.10. The van der Waals surface area contributed by atoms with Gasteiger partial charge in [-0.2, -0.15) is 0 Å². The van der Waals surface area contributed by atoms with Crippen LogP contribution in [0.15, 0.2) is 0 Å². The second kappa shape index (κ2) is 3.04. The van der Waals surface area contributed by atoms with E-state index < -0.39 is 5.79 Å². The normalized spacial score (nSPS) is 46.7. The van der Waals surface area contributed by atoms with E-state index in [0.29, 0.717) is 6.61 Å². The summed E-state index contributed by atoms with van der Waals surface area (Å²) in [5, 5.41) is 0.161. The molecule has 0 N–H and O–H groups in total. The van der Waals surface area contributed by atoms with Crippen LogP contribution < -0.4 is 0 Å². The molecule has 0 unspecified atom stereocenters. The Balaban J connectivity index is 1.79. The van der Waals surface area contributed by atoms with Crippen molar-refractivity contribution in [3.8, 4) is 0 Å². The lowest BCUT2D eigenvalue weighted by Gasteiger charge is -2.29. The van der Waals surface area contributed by atoms with Crippen LogP contribution in [0.25, 0.3) is 0 Å². The zero-order valence-electron chi connectivity index (χ0n) is 8.47. The van der Waals surface area contributed by atoms with E-state index in [9.17, 15) is 0 Å². The molecule has 3 fully saturated rings. The minimum atomic E-state index is -0.621. The molecule has 3 aliphatic heterocycles. The second-order valence-corrected chi connectivity index (χ2v) is 4.62. The zero-order valence-corrected chi connectivity index (χ0v) is 9.28. The minimum absolute atomic E-state index is 0.150. The van der Waals surface area contributed by atoms with Gasteiger partial charge in [-0.15, -0.1) is 0 Å². The summed E-state index contributed by atoms with van der Waals surface area (Å²) in [5.41, 5.74) is 0. The highest BCUT2D eigenvalue weighted by Gasteiger charge is 2.57. The lowest BCUT2D eigenvalue weighted by molar-refractivity contribution is -0.223. The summed E-state index contributed by atoms with van der Waals surface area (Å²) >= 11 is 4.85. The predicted octanol–water partition coefficient (Wildman–Crippen LogP) is 0.563. The van der Waals surface area contributed by atoms with Crippen molar-refractivity contribution in [1.82, 2.24) is 0 Å². The summed E-state index contributed by atoms with van der Waals surface area (Å²) in [6.07, 6.45) is -0.952. The fourth-order valence-electron chi connectivity index (χ4n) is 2.12. The Morgan fingerprint density at radius 3 is 2.87 bits per heavy atom. The largest absolute Gasteiger partial charge is 0.454 e. The molecule has 84 valence electrons. The van der Waals surface area contributed by atoms with E-state index in [1.54, 1.807) is 0 Å². The smallest absolute Gasteiger partial charge is 0.352 e. The summed E-state index contributed by atoms with van der Waals surface area (Å²) in [6, 6.07) is 0. The van der Waals surface area contributed by atoms with Crippen molar-refractivity contribution in [3.63, 3.8) is 0 Å². The van der Waals surface area contributed by atoms with Crippen molar-refractivity contribution >= 4 is 17.5 Å². The molecule has 0 bridgehead atoms. The Labute approximate surface area is 92.6 Å². The molecule has 3 heterocycles. The lowest BCUT2D eigenvalue weighted by atomic mass is 10.1. The molecule has 0 aliphatic carbocycles. The molecule has 3 saturated heterocycles. The molecule has 3 aliphatic rings. The third-order valence-electron chi connectivity index (χ3n) is 2.69. The van der Waals surface area contributed by atoms with Crippen molar-refractivity contribution in [1.29, 1.82) is 0 Å². The molecule has 0 aromatic carbocycles. The van der Waals surface area contributed by atoms with Gasteiger partial charge in [-0.3, -0.25) is 0 Å². The molecule has 0 amide bonds. The van der Waals surface area contributed by atoms with Gasteiger partial charge in [-0.1, -0.05) is 0 Å². The Kier molecular flexibility index (Phi) is 1.98. The zero-order chi connectivity index (χ0) is 10.6. The Hall–Kier alpha value is -0.430. The van der Waals surface area contributed by atoms with Gasteiger partial charge in [0, 0.05) is 12.2 Å². The summed E-state index contributed by atoms with van der Waals surface area (Å²) in [5.74, 6) is -0.621. The topological polar surface area (TPSA) is 46.2 Å². The van der Waals surface area contributed by atoms with Gasteiger partial charge >= 0.3 is 5.24 Å². The number of hydrogen-bond acceptors (Lipinski definition) is 6. The van der Waals surface area contributed by atoms with E-state index in [1.165, 1.54) is 0 Å². The Bertz CT molecular complexity index is 305. The lowest BCUT2D eigenvalue weighted by Crippen LogP contribution is -2.44. The van der Waals surface area contributed by atoms with Crippen LogP contribution in [0, 0.1) is 0 Å². The van der Waals surface area contributed by atoms with Crippen LogP contribution in [-0.4, -0.2) is 42.2 Å².